The summed E-state index contributed by atoms with van der Waals surface area (Å²) in [6.07, 6.45) is 1.63. The minimum atomic E-state index is -4.07. The second-order valence-electron chi connectivity index (χ2n) is 8.44. The Labute approximate surface area is 255 Å². The van der Waals surface area contributed by atoms with Gasteiger partial charge in [-0.3, -0.25) is 4.79 Å². The van der Waals surface area contributed by atoms with Crippen molar-refractivity contribution in [3.63, 3.8) is 0 Å². The number of urea groups is 1. The number of carbonyl (C=O) groups excluding carboxylic acids is 2. The van der Waals surface area contributed by atoms with Crippen LogP contribution < -0.4 is 20.1 Å². The highest BCUT2D eigenvalue weighted by Crippen LogP contribution is 2.21. The lowest BCUT2D eigenvalue weighted by molar-refractivity contribution is -0.486. The predicted molar refractivity (Wildman–Crippen MR) is 158 cm³/mol. The van der Waals surface area contributed by atoms with Gasteiger partial charge in [0.15, 0.2) is 9.50 Å². The van der Waals surface area contributed by atoms with E-state index >= 15 is 0 Å². The maximum absolute atomic E-state index is 12.3. The van der Waals surface area contributed by atoms with Crippen LogP contribution in [0.15, 0.2) is 64.7 Å². The summed E-state index contributed by atoms with van der Waals surface area (Å²) < 4.78 is 37.4. The molecule has 230 valence electrons. The summed E-state index contributed by atoms with van der Waals surface area (Å²) >= 11 is 7.05. The van der Waals surface area contributed by atoms with Crippen LogP contribution in [0.4, 0.5) is 10.5 Å². The molecule has 1 saturated heterocycles. The first-order valence-corrected chi connectivity index (χ1v) is 14.8. The van der Waals surface area contributed by atoms with E-state index in [1.165, 1.54) is 55.8 Å². The van der Waals surface area contributed by atoms with E-state index in [0.29, 0.717) is 16.7 Å². The Morgan fingerprint density at radius 2 is 1.91 bits per heavy atom. The summed E-state index contributed by atoms with van der Waals surface area (Å²) in [5.41, 5.74) is 0.515. The van der Waals surface area contributed by atoms with Crippen molar-refractivity contribution in [3.8, 4) is 5.75 Å². The number of hydrazone groups is 1. The van der Waals surface area contributed by atoms with Crippen molar-refractivity contribution in [3.05, 3.63) is 79.7 Å². The zero-order valence-electron chi connectivity index (χ0n) is 23.0. The Morgan fingerprint density at radius 3 is 2.51 bits per heavy atom. The maximum atomic E-state index is 12.3. The zero-order valence-corrected chi connectivity index (χ0v) is 25.4. The average Bonchev–Trinajstić information content (AvgIpc) is 3.39. The number of anilines is 1. The van der Waals surface area contributed by atoms with Crippen LogP contribution in [0.3, 0.4) is 0 Å². The maximum Gasteiger partial charge on any atom is 0.318 e. The quantitative estimate of drug-likeness (QED) is 0.238. The Balaban J connectivity index is 0.000000248. The van der Waals surface area contributed by atoms with E-state index in [-0.39, 0.29) is 35.6 Å². The normalized spacial score (nSPS) is 13.9. The highest BCUT2D eigenvalue weighted by Gasteiger charge is 2.25. The Hall–Kier alpha value is -4.52. The van der Waals surface area contributed by atoms with Gasteiger partial charge in [-0.1, -0.05) is 23.7 Å². The molecule has 1 fully saturated rings. The van der Waals surface area contributed by atoms with E-state index in [1.807, 2.05) is 4.72 Å². The van der Waals surface area contributed by atoms with E-state index in [4.69, 9.17) is 21.1 Å². The average molecular weight is 655 g/mol. The number of benzene rings is 2. The molecule has 4 rings (SSSR count). The van der Waals surface area contributed by atoms with E-state index < -0.39 is 27.0 Å². The Morgan fingerprint density at radius 1 is 1.21 bits per heavy atom. The van der Waals surface area contributed by atoms with Crippen LogP contribution in [0, 0.1) is 10.1 Å². The number of guanidine groups is 1. The lowest BCUT2D eigenvalue weighted by Gasteiger charge is -2.34. The number of hydrogen-bond donors (Lipinski definition) is 3. The second-order valence-corrected chi connectivity index (χ2v) is 11.8. The van der Waals surface area contributed by atoms with Crippen molar-refractivity contribution in [2.75, 3.05) is 40.0 Å². The summed E-state index contributed by atoms with van der Waals surface area (Å²) in [6.45, 7) is 0.931. The minimum absolute atomic E-state index is 0.103. The van der Waals surface area contributed by atoms with Gasteiger partial charge in [0.1, 0.15) is 24.3 Å². The molecule has 0 radical (unpaired) electrons. The summed E-state index contributed by atoms with van der Waals surface area (Å²) in [4.78, 5) is 41.9. The molecule has 0 bridgehead atoms. The Kier molecular flexibility index (Phi) is 11.6. The molecule has 3 amide bonds. The number of rotatable bonds is 8. The number of thiazole rings is 1. The van der Waals surface area contributed by atoms with Crippen LogP contribution in [0.25, 0.3) is 0 Å². The number of nitrogens with zero attached hydrogens (tertiary/aromatic N) is 5. The number of amides is 3. The van der Waals surface area contributed by atoms with E-state index in [0.717, 1.165) is 4.88 Å². The number of carbonyl (C=O) groups is 2. The van der Waals surface area contributed by atoms with E-state index in [2.05, 4.69) is 20.7 Å². The molecule has 43 heavy (non-hydrogen) atoms. The molecule has 1 aromatic heterocycles. The number of sulfonamides is 1. The number of nitrogens with one attached hydrogen (secondary N) is 3. The second kappa shape index (κ2) is 15.1. The molecule has 1 aliphatic rings. The fourth-order valence-electron chi connectivity index (χ4n) is 3.50. The predicted octanol–water partition coefficient (Wildman–Crippen LogP) is 2.59. The molecule has 3 aromatic rings. The molecule has 16 nitrogen and oxygen atoms in total. The fourth-order valence-corrected chi connectivity index (χ4v) is 5.46. The third-order valence-electron chi connectivity index (χ3n) is 5.43. The monoisotopic (exact) mass is 654 g/mol. The van der Waals surface area contributed by atoms with Gasteiger partial charge in [-0.05, 0) is 36.4 Å². The van der Waals surface area contributed by atoms with Crippen molar-refractivity contribution in [1.82, 2.24) is 24.8 Å². The third-order valence-corrected chi connectivity index (χ3v) is 7.87. The SMILES string of the molecule is CN1COCN(Cc2cnc(Cl)s2)/C1=N\[N+](=O)[O-].CNC(=O)Nc1ccc(S(=O)(=O)NC(=O)c2ccccc2OC)cc1. The van der Waals surface area contributed by atoms with Gasteiger partial charge in [-0.2, -0.15) is 0 Å². The standard InChI is InChI=1S/C16H17N3O5S.C8H10ClN5O3S/c1-17-16(21)18-11-7-9-12(10-8-11)25(22,23)19-15(20)13-5-3-4-6-14(13)24-2;1-12-4-17-5-13(8(12)11-14(15)16)3-6-2-10-7(9)18-6/h3-10H,1-2H3,(H,19,20)(H2,17,18,21);2H,3-5H2,1H3/b;11-8-. The van der Waals surface area contributed by atoms with Gasteiger partial charge >= 0.3 is 6.03 Å². The van der Waals surface area contributed by atoms with Crippen LogP contribution >= 0.6 is 22.9 Å². The van der Waals surface area contributed by atoms with Gasteiger partial charge in [0.2, 0.25) is 0 Å². The summed E-state index contributed by atoms with van der Waals surface area (Å²) in [5, 5.41) is 18.0. The van der Waals surface area contributed by atoms with Gasteiger partial charge < -0.3 is 29.9 Å². The van der Waals surface area contributed by atoms with Crippen LogP contribution in [-0.4, -0.2) is 80.8 Å². The smallest absolute Gasteiger partial charge is 0.318 e. The summed E-state index contributed by atoms with van der Waals surface area (Å²) in [7, 11) is 0.455. The topological polar surface area (TPSA) is 198 Å². The molecule has 0 aliphatic carbocycles. The molecule has 2 heterocycles. The van der Waals surface area contributed by atoms with Crippen LogP contribution in [0.1, 0.15) is 15.2 Å². The van der Waals surface area contributed by atoms with Gasteiger partial charge in [-0.25, -0.2) is 33.0 Å². The molecular formula is C24H27ClN8O8S2. The van der Waals surface area contributed by atoms with Crippen LogP contribution in [0.5, 0.6) is 5.75 Å². The van der Waals surface area contributed by atoms with E-state index in [1.54, 1.807) is 41.2 Å². The van der Waals surface area contributed by atoms with Crippen molar-refractivity contribution < 1.29 is 32.5 Å². The first-order chi connectivity index (χ1) is 20.4. The first kappa shape index (κ1) is 33.0. The van der Waals surface area contributed by atoms with E-state index in [9.17, 15) is 28.1 Å². The molecule has 3 N–H and O–H groups in total. The largest absolute Gasteiger partial charge is 0.496 e. The molecule has 0 atom stereocenters. The number of halogens is 1. The zero-order chi connectivity index (χ0) is 31.6. The number of aromatic nitrogens is 1. The first-order valence-electron chi connectivity index (χ1n) is 12.1. The van der Waals surface area contributed by atoms with Crippen LogP contribution in [-0.2, 0) is 21.3 Å². The molecule has 1 aliphatic heterocycles. The van der Waals surface area contributed by atoms with Gasteiger partial charge in [0, 0.05) is 30.9 Å². The van der Waals surface area contributed by atoms with Crippen molar-refractivity contribution in [1.29, 1.82) is 0 Å². The summed E-state index contributed by atoms with van der Waals surface area (Å²) in [6, 6.07) is 11.2. The molecule has 0 unspecified atom stereocenters. The van der Waals surface area contributed by atoms with Gasteiger partial charge in [0.05, 0.1) is 24.1 Å². The van der Waals surface area contributed by atoms with Crippen molar-refractivity contribution in [2.24, 2.45) is 5.10 Å². The number of methoxy groups -OCH3 is 1. The molecule has 0 saturated carbocycles. The third kappa shape index (κ3) is 9.50. The van der Waals surface area contributed by atoms with Crippen molar-refractivity contribution >= 4 is 56.5 Å². The lowest BCUT2D eigenvalue weighted by atomic mass is 10.2. The highest BCUT2D eigenvalue weighted by atomic mass is 35.5. The highest BCUT2D eigenvalue weighted by molar-refractivity contribution is 7.90. The molecular weight excluding hydrogens is 628 g/mol. The molecule has 19 heteroatoms. The van der Waals surface area contributed by atoms with Crippen molar-refractivity contribution in [2.45, 2.75) is 11.4 Å². The van der Waals surface area contributed by atoms with Gasteiger partial charge in [-0.15, -0.1) is 11.3 Å². The molecule has 0 spiro atoms. The number of para-hydroxylation sites is 1. The molecule has 2 aromatic carbocycles. The summed E-state index contributed by atoms with van der Waals surface area (Å²) in [5.74, 6) is -0.277. The number of ether oxygens (including phenoxy) is 2. The number of hydrogen-bond acceptors (Lipinski definition) is 10. The van der Waals surface area contributed by atoms with Gasteiger partial charge in [0.25, 0.3) is 21.9 Å². The fraction of sp³-hybridized carbons (Fsp3) is 0.250. The van der Waals surface area contributed by atoms with Crippen LogP contribution in [0.2, 0.25) is 4.47 Å². The Bertz CT molecular complexity index is 1580. The minimum Gasteiger partial charge on any atom is -0.496 e. The number of nitro groups is 1. The lowest BCUT2D eigenvalue weighted by Crippen LogP contribution is -2.49.